The molecule has 19 heavy (non-hydrogen) atoms. The molecule has 2 N–H and O–H groups in total. The molecule has 5 heteroatoms. The molecule has 5 nitrogen and oxygen atoms in total. The van der Waals surface area contributed by atoms with E-state index in [0.29, 0.717) is 19.7 Å². The zero-order valence-corrected chi connectivity index (χ0v) is 11.3. The molecule has 0 aromatic heterocycles. The maximum atomic E-state index is 11.9. The predicted molar refractivity (Wildman–Crippen MR) is 71.9 cm³/mol. The molecule has 1 aliphatic heterocycles. The van der Waals surface area contributed by atoms with Gasteiger partial charge in [0.15, 0.2) is 0 Å². The van der Waals surface area contributed by atoms with E-state index in [1.165, 1.54) is 0 Å². The van der Waals surface area contributed by atoms with Gasteiger partial charge in [-0.15, -0.1) is 0 Å². The number of rotatable bonds is 3. The molecule has 1 aliphatic rings. The van der Waals surface area contributed by atoms with Crippen molar-refractivity contribution in [2.24, 2.45) is 5.73 Å². The lowest BCUT2D eigenvalue weighted by atomic mass is 10.1. The third-order valence-electron chi connectivity index (χ3n) is 3.23. The maximum Gasteiger partial charge on any atom is 0.239 e. The smallest absolute Gasteiger partial charge is 0.239 e. The molecular formula is C14H20N2O3. The molecule has 0 aliphatic carbocycles. The molecule has 1 amide bonds. The van der Waals surface area contributed by atoms with E-state index in [1.54, 1.807) is 18.9 Å². The molecule has 0 spiro atoms. The van der Waals surface area contributed by atoms with Crippen molar-refractivity contribution in [3.05, 3.63) is 29.8 Å². The van der Waals surface area contributed by atoms with Crippen LogP contribution in [0, 0.1) is 0 Å². The number of ether oxygens (including phenoxy) is 2. The number of carbonyl (C=O) groups excluding carboxylic acids is 1. The molecule has 0 saturated carbocycles. The quantitative estimate of drug-likeness (QED) is 0.882. The summed E-state index contributed by atoms with van der Waals surface area (Å²) in [6.07, 6.45) is -0.119. The first-order chi connectivity index (χ1) is 9.11. The Kier molecular flexibility index (Phi) is 4.39. The molecule has 1 aromatic rings. The molecule has 2 rings (SSSR count). The second-order valence-electron chi connectivity index (χ2n) is 4.71. The van der Waals surface area contributed by atoms with Crippen molar-refractivity contribution >= 4 is 5.91 Å². The fraction of sp³-hybridized carbons (Fsp3) is 0.500. The lowest BCUT2D eigenvalue weighted by Gasteiger charge is -2.34. The minimum atomic E-state index is -0.468. The molecule has 1 fully saturated rings. The molecule has 2 unspecified atom stereocenters. The van der Waals surface area contributed by atoms with Gasteiger partial charge in [0.25, 0.3) is 0 Å². The van der Waals surface area contributed by atoms with Crippen LogP contribution in [0.2, 0.25) is 0 Å². The number of nitrogens with two attached hydrogens (primary N) is 1. The summed E-state index contributed by atoms with van der Waals surface area (Å²) >= 11 is 0. The Morgan fingerprint density at radius 2 is 2.37 bits per heavy atom. The van der Waals surface area contributed by atoms with Crippen molar-refractivity contribution in [3.8, 4) is 5.75 Å². The largest absolute Gasteiger partial charge is 0.497 e. The molecule has 0 bridgehead atoms. The van der Waals surface area contributed by atoms with Crippen molar-refractivity contribution in [3.63, 3.8) is 0 Å². The lowest BCUT2D eigenvalue weighted by molar-refractivity contribution is -0.140. The normalized spacial score (nSPS) is 21.0. The van der Waals surface area contributed by atoms with Crippen LogP contribution >= 0.6 is 0 Å². The van der Waals surface area contributed by atoms with E-state index in [2.05, 4.69) is 0 Å². The SMILES string of the molecule is COc1cccc(C2CN(C(=O)C(C)N)CCO2)c1. The van der Waals surface area contributed by atoms with Gasteiger partial charge in [-0.1, -0.05) is 12.1 Å². The van der Waals surface area contributed by atoms with E-state index in [9.17, 15) is 4.79 Å². The van der Waals surface area contributed by atoms with Gasteiger partial charge in [0.2, 0.25) is 5.91 Å². The first-order valence-electron chi connectivity index (χ1n) is 6.41. The Morgan fingerprint density at radius 1 is 1.58 bits per heavy atom. The van der Waals surface area contributed by atoms with Crippen molar-refractivity contribution < 1.29 is 14.3 Å². The van der Waals surface area contributed by atoms with Crippen LogP contribution in [0.3, 0.4) is 0 Å². The Bertz CT molecular complexity index is 448. The third-order valence-corrected chi connectivity index (χ3v) is 3.23. The summed E-state index contributed by atoms with van der Waals surface area (Å²) in [6.45, 7) is 3.37. The lowest BCUT2D eigenvalue weighted by Crippen LogP contribution is -2.48. The van der Waals surface area contributed by atoms with Gasteiger partial charge < -0.3 is 20.1 Å². The van der Waals surface area contributed by atoms with E-state index in [-0.39, 0.29) is 12.0 Å². The van der Waals surface area contributed by atoms with Gasteiger partial charge in [-0.05, 0) is 24.6 Å². The molecule has 1 aromatic carbocycles. The van der Waals surface area contributed by atoms with Gasteiger partial charge in [0, 0.05) is 6.54 Å². The number of morpholine rings is 1. The summed E-state index contributed by atoms with van der Waals surface area (Å²) in [5, 5.41) is 0. The summed E-state index contributed by atoms with van der Waals surface area (Å²) in [4.78, 5) is 13.7. The van der Waals surface area contributed by atoms with Crippen LogP contribution in [0.4, 0.5) is 0 Å². The number of methoxy groups -OCH3 is 1. The van der Waals surface area contributed by atoms with Crippen LogP contribution in [0.15, 0.2) is 24.3 Å². The van der Waals surface area contributed by atoms with E-state index >= 15 is 0 Å². The van der Waals surface area contributed by atoms with E-state index < -0.39 is 6.04 Å². The summed E-state index contributed by atoms with van der Waals surface area (Å²) in [5.74, 6) is 0.757. The molecule has 1 saturated heterocycles. The van der Waals surface area contributed by atoms with Gasteiger partial charge in [-0.25, -0.2) is 0 Å². The van der Waals surface area contributed by atoms with E-state index in [1.807, 2.05) is 24.3 Å². The first kappa shape index (κ1) is 13.8. The van der Waals surface area contributed by atoms with Gasteiger partial charge in [-0.3, -0.25) is 4.79 Å². The highest BCUT2D eigenvalue weighted by molar-refractivity contribution is 5.81. The number of hydrogen-bond acceptors (Lipinski definition) is 4. The minimum Gasteiger partial charge on any atom is -0.497 e. The summed E-state index contributed by atoms with van der Waals surface area (Å²) in [6, 6.07) is 7.25. The highest BCUT2D eigenvalue weighted by atomic mass is 16.5. The van der Waals surface area contributed by atoms with Crippen LogP contribution in [-0.2, 0) is 9.53 Å². The summed E-state index contributed by atoms with van der Waals surface area (Å²) in [5.41, 5.74) is 6.66. The number of nitrogens with zero attached hydrogens (tertiary/aromatic N) is 1. The Balaban J connectivity index is 2.10. The second kappa shape index (κ2) is 6.04. The summed E-state index contributed by atoms with van der Waals surface area (Å²) in [7, 11) is 1.63. The number of amides is 1. The molecule has 104 valence electrons. The van der Waals surface area contributed by atoms with E-state index in [0.717, 1.165) is 11.3 Å². The van der Waals surface area contributed by atoms with Crippen molar-refractivity contribution in [1.82, 2.24) is 4.90 Å². The average molecular weight is 264 g/mol. The second-order valence-corrected chi connectivity index (χ2v) is 4.71. The number of hydrogen-bond donors (Lipinski definition) is 1. The Labute approximate surface area is 113 Å². The van der Waals surface area contributed by atoms with E-state index in [4.69, 9.17) is 15.2 Å². The fourth-order valence-electron chi connectivity index (χ4n) is 2.18. The van der Waals surface area contributed by atoms with Crippen LogP contribution in [0.1, 0.15) is 18.6 Å². The molecule has 2 atom stereocenters. The summed E-state index contributed by atoms with van der Waals surface area (Å²) < 4.78 is 10.9. The first-order valence-corrected chi connectivity index (χ1v) is 6.41. The molecular weight excluding hydrogens is 244 g/mol. The van der Waals surface area contributed by atoms with Crippen molar-refractivity contribution in [2.45, 2.75) is 19.1 Å². The minimum absolute atomic E-state index is 0.0313. The molecule has 0 radical (unpaired) electrons. The fourth-order valence-corrected chi connectivity index (χ4v) is 2.18. The van der Waals surface area contributed by atoms with Gasteiger partial charge >= 0.3 is 0 Å². The standard InChI is InChI=1S/C14H20N2O3/c1-10(15)14(17)16-6-7-19-13(9-16)11-4-3-5-12(8-11)18-2/h3-5,8,10,13H,6-7,9,15H2,1-2H3. The van der Waals surface area contributed by atoms with Gasteiger partial charge in [0.1, 0.15) is 11.9 Å². The third kappa shape index (κ3) is 3.24. The van der Waals surface area contributed by atoms with Crippen LogP contribution in [-0.4, -0.2) is 43.7 Å². The highest BCUT2D eigenvalue weighted by Gasteiger charge is 2.26. The van der Waals surface area contributed by atoms with Crippen LogP contribution in [0.25, 0.3) is 0 Å². The van der Waals surface area contributed by atoms with Crippen LogP contribution in [0.5, 0.6) is 5.75 Å². The van der Waals surface area contributed by atoms with Gasteiger partial charge in [0.05, 0.1) is 26.3 Å². The maximum absolute atomic E-state index is 11.9. The Hall–Kier alpha value is -1.59. The monoisotopic (exact) mass is 264 g/mol. The number of carbonyl (C=O) groups is 1. The number of benzene rings is 1. The zero-order chi connectivity index (χ0) is 13.8. The van der Waals surface area contributed by atoms with Crippen molar-refractivity contribution in [2.75, 3.05) is 26.8 Å². The Morgan fingerprint density at radius 3 is 3.05 bits per heavy atom. The predicted octanol–water partition coefficient (Wildman–Crippen LogP) is 0.942. The average Bonchev–Trinajstić information content (AvgIpc) is 2.46. The zero-order valence-electron chi connectivity index (χ0n) is 11.3. The van der Waals surface area contributed by atoms with Crippen LogP contribution < -0.4 is 10.5 Å². The van der Waals surface area contributed by atoms with Crippen molar-refractivity contribution in [1.29, 1.82) is 0 Å². The van der Waals surface area contributed by atoms with Gasteiger partial charge in [-0.2, -0.15) is 0 Å². The highest BCUT2D eigenvalue weighted by Crippen LogP contribution is 2.25. The topological polar surface area (TPSA) is 64.8 Å². The molecule has 1 heterocycles.